The average Bonchev–Trinajstić information content (AvgIpc) is 2.32. The number of carbonyl (C=O) groups is 1. The van der Waals surface area contributed by atoms with Gasteiger partial charge in [-0.2, -0.15) is 0 Å². The molecule has 0 aliphatic rings. The number of aryl methyl sites for hydroxylation is 1. The van der Waals surface area contributed by atoms with E-state index in [9.17, 15) is 4.79 Å². The number of amides is 1. The molecule has 0 aliphatic carbocycles. The van der Waals surface area contributed by atoms with Gasteiger partial charge in [0.1, 0.15) is 5.75 Å². The van der Waals surface area contributed by atoms with Crippen molar-refractivity contribution in [3.05, 3.63) is 22.8 Å². The summed E-state index contributed by atoms with van der Waals surface area (Å²) in [5.74, 6) is 0.778. The number of anilines is 1. The van der Waals surface area contributed by atoms with Gasteiger partial charge in [0.25, 0.3) is 0 Å². The molecule has 0 saturated heterocycles. The van der Waals surface area contributed by atoms with Crippen LogP contribution in [0.15, 0.2) is 6.07 Å². The first-order valence-corrected chi connectivity index (χ1v) is 5.99. The van der Waals surface area contributed by atoms with Gasteiger partial charge in [-0.1, -0.05) is 0 Å². The summed E-state index contributed by atoms with van der Waals surface area (Å²) in [6, 6.07) is 1.46. The molecule has 100 valence electrons. The molecule has 1 amide bonds. The highest BCUT2D eigenvalue weighted by Crippen LogP contribution is 2.33. The molecule has 0 spiro atoms. The molecule has 0 saturated carbocycles. The van der Waals surface area contributed by atoms with E-state index >= 15 is 0 Å². The van der Waals surface area contributed by atoms with Gasteiger partial charge >= 0.3 is 0 Å². The molecule has 18 heavy (non-hydrogen) atoms. The van der Waals surface area contributed by atoms with Crippen molar-refractivity contribution in [2.45, 2.75) is 33.7 Å². The highest BCUT2D eigenvalue weighted by atomic mass is 16.5. The lowest BCUT2D eigenvalue weighted by Gasteiger charge is -2.24. The number of benzene rings is 1. The lowest BCUT2D eigenvalue weighted by atomic mass is 10.0. The maximum atomic E-state index is 11.9. The van der Waals surface area contributed by atoms with Crippen molar-refractivity contribution >= 4 is 11.6 Å². The maximum Gasteiger partial charge on any atom is 0.243 e. The predicted molar refractivity (Wildman–Crippen MR) is 74.3 cm³/mol. The Morgan fingerprint density at radius 1 is 1.33 bits per heavy atom. The monoisotopic (exact) mass is 250 g/mol. The first kappa shape index (κ1) is 14.5. The third-order valence-electron chi connectivity index (χ3n) is 3.28. The number of hydrogen-bond donors (Lipinski definition) is 1. The smallest absolute Gasteiger partial charge is 0.243 e. The van der Waals surface area contributed by atoms with Crippen molar-refractivity contribution in [3.8, 4) is 5.75 Å². The maximum absolute atomic E-state index is 11.9. The molecule has 1 atom stereocenters. The number of likely N-dealkylation sites (N-methyl/N-ethyl adjacent to an activating group) is 1. The number of hydrogen-bond acceptors (Lipinski definition) is 3. The zero-order chi connectivity index (χ0) is 14.0. The fraction of sp³-hybridized carbons (Fsp3) is 0.500. The zero-order valence-electron chi connectivity index (χ0n) is 12.0. The average molecular weight is 250 g/mol. The molecule has 4 heteroatoms. The Balaban J connectivity index is 3.31. The van der Waals surface area contributed by atoms with E-state index in [4.69, 9.17) is 10.5 Å². The molecule has 0 bridgehead atoms. The van der Waals surface area contributed by atoms with E-state index in [2.05, 4.69) is 0 Å². The van der Waals surface area contributed by atoms with Gasteiger partial charge in [-0.15, -0.1) is 0 Å². The third kappa shape index (κ3) is 2.48. The highest BCUT2D eigenvalue weighted by Gasteiger charge is 2.19. The number of methoxy groups -OCH3 is 1. The quantitative estimate of drug-likeness (QED) is 0.891. The van der Waals surface area contributed by atoms with Crippen LogP contribution in [0, 0.1) is 20.8 Å². The highest BCUT2D eigenvalue weighted by molar-refractivity contribution is 5.97. The Bertz CT molecular complexity index is 467. The Morgan fingerprint density at radius 2 is 1.89 bits per heavy atom. The molecule has 0 fully saturated rings. The SMILES string of the molecule is COc1c(C)cc(N(C)C(=O)C(C)N)c(C)c1C. The van der Waals surface area contributed by atoms with Crippen molar-refractivity contribution in [1.82, 2.24) is 0 Å². The first-order valence-electron chi connectivity index (χ1n) is 5.99. The van der Waals surface area contributed by atoms with Crippen LogP contribution in [0.5, 0.6) is 5.75 Å². The van der Waals surface area contributed by atoms with Crippen molar-refractivity contribution in [2.24, 2.45) is 5.73 Å². The minimum absolute atomic E-state index is 0.0953. The summed E-state index contributed by atoms with van der Waals surface area (Å²) in [6.07, 6.45) is 0. The Labute approximate surface area is 109 Å². The minimum atomic E-state index is -0.503. The van der Waals surface area contributed by atoms with E-state index in [1.165, 1.54) is 0 Å². The second-order valence-electron chi connectivity index (χ2n) is 4.68. The number of ether oxygens (including phenoxy) is 1. The van der Waals surface area contributed by atoms with E-state index in [-0.39, 0.29) is 5.91 Å². The second kappa shape index (κ2) is 5.40. The summed E-state index contributed by atoms with van der Waals surface area (Å²) in [6.45, 7) is 7.64. The van der Waals surface area contributed by atoms with E-state index in [0.29, 0.717) is 0 Å². The fourth-order valence-corrected chi connectivity index (χ4v) is 2.12. The van der Waals surface area contributed by atoms with Crippen LogP contribution < -0.4 is 15.4 Å². The summed E-state index contributed by atoms with van der Waals surface area (Å²) in [4.78, 5) is 13.6. The fourth-order valence-electron chi connectivity index (χ4n) is 2.12. The lowest BCUT2D eigenvalue weighted by molar-refractivity contribution is -0.119. The standard InChI is InChI=1S/C14H22N2O2/c1-8-7-12(16(5)14(17)11(4)15)9(2)10(3)13(8)18-6/h7,11H,15H2,1-6H3. The van der Waals surface area contributed by atoms with E-state index in [0.717, 1.165) is 28.1 Å². The topological polar surface area (TPSA) is 55.6 Å². The molecular formula is C14H22N2O2. The van der Waals surface area contributed by atoms with Gasteiger partial charge in [0.05, 0.1) is 13.2 Å². The van der Waals surface area contributed by atoms with Crippen LogP contribution in [0.4, 0.5) is 5.69 Å². The molecule has 1 aromatic rings. The van der Waals surface area contributed by atoms with Crippen LogP contribution in [0.3, 0.4) is 0 Å². The number of rotatable bonds is 3. The van der Waals surface area contributed by atoms with Gasteiger partial charge in [0, 0.05) is 12.7 Å². The summed E-state index contributed by atoms with van der Waals surface area (Å²) in [7, 11) is 3.41. The normalized spacial score (nSPS) is 12.2. The summed E-state index contributed by atoms with van der Waals surface area (Å²) in [5.41, 5.74) is 9.63. The second-order valence-corrected chi connectivity index (χ2v) is 4.68. The minimum Gasteiger partial charge on any atom is -0.496 e. The molecule has 1 aromatic carbocycles. The zero-order valence-corrected chi connectivity index (χ0v) is 12.0. The Kier molecular flexibility index (Phi) is 4.35. The summed E-state index contributed by atoms with van der Waals surface area (Å²) < 4.78 is 5.37. The summed E-state index contributed by atoms with van der Waals surface area (Å²) in [5, 5.41) is 0. The lowest BCUT2D eigenvalue weighted by Crippen LogP contribution is -2.40. The van der Waals surface area contributed by atoms with E-state index < -0.39 is 6.04 Å². The van der Waals surface area contributed by atoms with Crippen molar-refractivity contribution in [3.63, 3.8) is 0 Å². The predicted octanol–water partition coefficient (Wildman–Crippen LogP) is 1.93. The molecule has 0 aliphatic heterocycles. The van der Waals surface area contributed by atoms with E-state index in [1.807, 2.05) is 26.8 Å². The number of nitrogens with zero attached hydrogens (tertiary/aromatic N) is 1. The van der Waals surface area contributed by atoms with Crippen LogP contribution in [0.1, 0.15) is 23.6 Å². The molecule has 2 N–H and O–H groups in total. The Morgan fingerprint density at radius 3 is 2.33 bits per heavy atom. The van der Waals surface area contributed by atoms with Crippen molar-refractivity contribution in [2.75, 3.05) is 19.1 Å². The summed E-state index contributed by atoms with van der Waals surface area (Å²) >= 11 is 0. The van der Waals surface area contributed by atoms with Gasteiger partial charge in [-0.25, -0.2) is 0 Å². The van der Waals surface area contributed by atoms with E-state index in [1.54, 1.807) is 26.0 Å². The van der Waals surface area contributed by atoms with Crippen LogP contribution in [0.25, 0.3) is 0 Å². The van der Waals surface area contributed by atoms with Gasteiger partial charge in [0.15, 0.2) is 0 Å². The molecule has 0 aromatic heterocycles. The van der Waals surface area contributed by atoms with Gasteiger partial charge in [-0.3, -0.25) is 4.79 Å². The number of carbonyl (C=O) groups excluding carboxylic acids is 1. The molecule has 1 rings (SSSR count). The van der Waals surface area contributed by atoms with Crippen molar-refractivity contribution < 1.29 is 9.53 Å². The van der Waals surface area contributed by atoms with Gasteiger partial charge in [-0.05, 0) is 50.5 Å². The molecule has 0 radical (unpaired) electrons. The van der Waals surface area contributed by atoms with Crippen molar-refractivity contribution in [1.29, 1.82) is 0 Å². The van der Waals surface area contributed by atoms with Gasteiger partial charge < -0.3 is 15.4 Å². The first-order chi connectivity index (χ1) is 8.31. The van der Waals surface area contributed by atoms with Crippen LogP contribution in [-0.2, 0) is 4.79 Å². The molecular weight excluding hydrogens is 228 g/mol. The molecule has 4 nitrogen and oxygen atoms in total. The number of nitrogens with two attached hydrogens (primary N) is 1. The van der Waals surface area contributed by atoms with Crippen LogP contribution >= 0.6 is 0 Å². The third-order valence-corrected chi connectivity index (χ3v) is 3.28. The Hall–Kier alpha value is -1.55. The van der Waals surface area contributed by atoms with Gasteiger partial charge in [0.2, 0.25) is 5.91 Å². The molecule has 1 unspecified atom stereocenters. The van der Waals surface area contributed by atoms with Crippen LogP contribution in [-0.4, -0.2) is 26.1 Å². The largest absolute Gasteiger partial charge is 0.496 e. The van der Waals surface area contributed by atoms with Crippen LogP contribution in [0.2, 0.25) is 0 Å². The molecule has 0 heterocycles.